The number of amides is 2. The molecule has 1 atom stereocenters. The van der Waals surface area contributed by atoms with Crippen LogP contribution >= 0.6 is 0 Å². The molecule has 3 aliphatic rings. The number of carbonyl (C=O) groups excluding carboxylic acids is 1. The maximum atomic E-state index is 13.1. The third-order valence-corrected chi connectivity index (χ3v) is 6.74. The molecule has 3 N–H and O–H groups in total. The number of aromatic nitrogens is 2. The molecule has 1 aromatic heterocycles. The van der Waals surface area contributed by atoms with E-state index in [-0.39, 0.29) is 17.6 Å². The maximum Gasteiger partial charge on any atom is 0.315 e. The number of piperidine rings is 3. The Bertz CT molecular complexity index is 1010. The molecule has 31 heavy (non-hydrogen) atoms. The van der Waals surface area contributed by atoms with Crippen molar-refractivity contribution in [2.45, 2.75) is 37.3 Å². The number of fused-ring (bicyclic) bond motifs is 4. The van der Waals surface area contributed by atoms with Gasteiger partial charge >= 0.3 is 6.03 Å². The number of H-pyrrole nitrogens is 1. The molecule has 0 saturated carbocycles. The van der Waals surface area contributed by atoms with E-state index in [4.69, 9.17) is 9.72 Å². The molecule has 0 spiro atoms. The Morgan fingerprint density at radius 3 is 2.52 bits per heavy atom. The van der Waals surface area contributed by atoms with E-state index in [0.29, 0.717) is 6.42 Å². The van der Waals surface area contributed by atoms with Gasteiger partial charge in [-0.3, -0.25) is 0 Å². The molecule has 0 aliphatic carbocycles. The zero-order chi connectivity index (χ0) is 21.3. The molecule has 0 radical (unpaired) electrons. The normalized spacial score (nSPS) is 23.5. The molecule has 1 unspecified atom stereocenters. The molecule has 162 valence electrons. The lowest BCUT2D eigenvalue weighted by molar-refractivity contribution is 0.0668. The lowest BCUT2D eigenvalue weighted by Crippen LogP contribution is -2.62. The number of benzene rings is 2. The molecule has 7 heteroatoms. The summed E-state index contributed by atoms with van der Waals surface area (Å²) in [7, 11) is 1.66. The SMILES string of the molecule is COc1ccc(CC(NC(=O)NC23CCN(CC2)CC3)c2nc3ccccc3[nH]2)cc1. The highest BCUT2D eigenvalue weighted by atomic mass is 16.5. The highest BCUT2D eigenvalue weighted by Crippen LogP contribution is 2.32. The number of methoxy groups -OCH3 is 1. The second-order valence-corrected chi connectivity index (χ2v) is 8.71. The van der Waals surface area contributed by atoms with Crippen molar-refractivity contribution in [2.24, 2.45) is 0 Å². The molecule has 2 aromatic carbocycles. The van der Waals surface area contributed by atoms with Gasteiger partial charge in [-0.25, -0.2) is 9.78 Å². The zero-order valence-corrected chi connectivity index (χ0v) is 17.9. The van der Waals surface area contributed by atoms with Crippen molar-refractivity contribution >= 4 is 17.1 Å². The lowest BCUT2D eigenvalue weighted by atomic mass is 9.80. The van der Waals surface area contributed by atoms with E-state index >= 15 is 0 Å². The smallest absolute Gasteiger partial charge is 0.315 e. The zero-order valence-electron chi connectivity index (χ0n) is 17.9. The van der Waals surface area contributed by atoms with Crippen molar-refractivity contribution in [1.29, 1.82) is 0 Å². The summed E-state index contributed by atoms with van der Waals surface area (Å²) in [5.74, 6) is 1.58. The summed E-state index contributed by atoms with van der Waals surface area (Å²) >= 11 is 0. The largest absolute Gasteiger partial charge is 0.497 e. The van der Waals surface area contributed by atoms with Crippen LogP contribution in [0, 0.1) is 0 Å². The molecule has 3 aromatic rings. The summed E-state index contributed by atoms with van der Waals surface area (Å²) in [5, 5.41) is 6.53. The van der Waals surface area contributed by atoms with Crippen LogP contribution in [0.25, 0.3) is 11.0 Å². The van der Waals surface area contributed by atoms with Gasteiger partial charge in [-0.1, -0.05) is 24.3 Å². The number of carbonyl (C=O) groups is 1. The van der Waals surface area contributed by atoms with Gasteiger partial charge in [0.25, 0.3) is 0 Å². The van der Waals surface area contributed by atoms with Crippen molar-refractivity contribution < 1.29 is 9.53 Å². The van der Waals surface area contributed by atoms with E-state index in [9.17, 15) is 4.79 Å². The van der Waals surface area contributed by atoms with Crippen LogP contribution in [0.5, 0.6) is 5.75 Å². The van der Waals surface area contributed by atoms with Crippen molar-refractivity contribution in [3.05, 3.63) is 59.9 Å². The minimum atomic E-state index is -0.263. The summed E-state index contributed by atoms with van der Waals surface area (Å²) in [4.78, 5) is 23.7. The number of nitrogens with zero attached hydrogens (tertiary/aromatic N) is 2. The first-order valence-electron chi connectivity index (χ1n) is 11.0. The van der Waals surface area contributed by atoms with Crippen LogP contribution in [-0.2, 0) is 6.42 Å². The second kappa shape index (κ2) is 8.23. The van der Waals surface area contributed by atoms with Gasteiger partial charge in [-0.2, -0.15) is 0 Å². The van der Waals surface area contributed by atoms with E-state index in [2.05, 4.69) is 20.5 Å². The lowest BCUT2D eigenvalue weighted by Gasteiger charge is -2.48. The fourth-order valence-corrected chi connectivity index (χ4v) is 4.80. The Labute approximate surface area is 182 Å². The van der Waals surface area contributed by atoms with Crippen LogP contribution in [0.3, 0.4) is 0 Å². The number of para-hydroxylation sites is 2. The minimum Gasteiger partial charge on any atom is -0.497 e. The van der Waals surface area contributed by atoms with Gasteiger partial charge in [0.05, 0.1) is 24.2 Å². The first-order chi connectivity index (χ1) is 15.1. The van der Waals surface area contributed by atoms with E-state index in [0.717, 1.165) is 67.1 Å². The van der Waals surface area contributed by atoms with Crippen molar-refractivity contribution in [3.63, 3.8) is 0 Å². The molecule has 3 saturated heterocycles. The first kappa shape index (κ1) is 19.9. The van der Waals surface area contributed by atoms with Gasteiger partial charge in [0.15, 0.2) is 0 Å². The van der Waals surface area contributed by atoms with E-state index < -0.39 is 0 Å². The number of aromatic amines is 1. The van der Waals surface area contributed by atoms with Crippen molar-refractivity contribution in [1.82, 2.24) is 25.5 Å². The molecule has 4 heterocycles. The summed E-state index contributed by atoms with van der Waals surface area (Å²) in [6.45, 7) is 3.21. The summed E-state index contributed by atoms with van der Waals surface area (Å²) in [6, 6.07) is 15.5. The Kier molecular flexibility index (Phi) is 5.28. The quantitative estimate of drug-likeness (QED) is 0.572. The average molecular weight is 420 g/mol. The number of imidazole rings is 1. The summed E-state index contributed by atoms with van der Waals surface area (Å²) in [5.41, 5.74) is 2.91. The Balaban J connectivity index is 1.36. The van der Waals surface area contributed by atoms with Crippen LogP contribution in [0.15, 0.2) is 48.5 Å². The second-order valence-electron chi connectivity index (χ2n) is 8.71. The van der Waals surface area contributed by atoms with Gasteiger partial charge in [-0.05, 0) is 55.5 Å². The minimum absolute atomic E-state index is 0.0720. The molecule has 3 aliphatic heterocycles. The number of nitrogens with one attached hydrogen (secondary N) is 3. The molecular formula is C24H29N5O2. The molecule has 6 rings (SSSR count). The third kappa shape index (κ3) is 4.23. The van der Waals surface area contributed by atoms with Crippen LogP contribution in [-0.4, -0.2) is 53.2 Å². The third-order valence-electron chi connectivity index (χ3n) is 6.74. The summed E-state index contributed by atoms with van der Waals surface area (Å²) in [6.07, 6.45) is 3.70. The molecule has 3 fully saturated rings. The topological polar surface area (TPSA) is 82.3 Å². The van der Waals surface area contributed by atoms with Crippen molar-refractivity contribution in [3.8, 4) is 5.75 Å². The molecule has 2 bridgehead atoms. The van der Waals surface area contributed by atoms with Crippen LogP contribution in [0.1, 0.15) is 36.7 Å². The first-order valence-corrected chi connectivity index (χ1v) is 11.0. The van der Waals surface area contributed by atoms with E-state index in [1.165, 1.54) is 0 Å². The maximum absolute atomic E-state index is 13.1. The number of hydrogen-bond donors (Lipinski definition) is 3. The number of urea groups is 1. The fourth-order valence-electron chi connectivity index (χ4n) is 4.80. The van der Waals surface area contributed by atoms with Gasteiger partial charge < -0.3 is 25.3 Å². The van der Waals surface area contributed by atoms with E-state index in [1.54, 1.807) is 7.11 Å². The van der Waals surface area contributed by atoms with Crippen LogP contribution in [0.2, 0.25) is 0 Å². The predicted octanol–water partition coefficient (Wildman–Crippen LogP) is 3.39. The van der Waals surface area contributed by atoms with Gasteiger partial charge in [0.1, 0.15) is 11.6 Å². The standard InChI is InChI=1S/C24H29N5O2/c1-31-18-8-6-17(7-9-18)16-21(22-25-19-4-2-3-5-20(19)26-22)27-23(30)28-24-10-13-29(14-11-24)15-12-24/h2-9,21H,10-16H2,1H3,(H,25,26)(H2,27,28,30). The highest BCUT2D eigenvalue weighted by molar-refractivity contribution is 5.77. The Morgan fingerprint density at radius 1 is 1.13 bits per heavy atom. The molecule has 7 nitrogen and oxygen atoms in total. The Morgan fingerprint density at radius 2 is 1.84 bits per heavy atom. The number of rotatable bonds is 6. The van der Waals surface area contributed by atoms with Crippen molar-refractivity contribution in [2.75, 3.05) is 26.7 Å². The molecule has 2 amide bonds. The van der Waals surface area contributed by atoms with Crippen LogP contribution in [0.4, 0.5) is 4.79 Å². The average Bonchev–Trinajstić information content (AvgIpc) is 3.24. The van der Waals surface area contributed by atoms with Gasteiger partial charge in [-0.15, -0.1) is 0 Å². The number of ether oxygens (including phenoxy) is 1. The van der Waals surface area contributed by atoms with Gasteiger partial charge in [0.2, 0.25) is 0 Å². The number of hydrogen-bond acceptors (Lipinski definition) is 4. The highest BCUT2D eigenvalue weighted by Gasteiger charge is 2.40. The predicted molar refractivity (Wildman–Crippen MR) is 120 cm³/mol. The monoisotopic (exact) mass is 419 g/mol. The van der Waals surface area contributed by atoms with Crippen LogP contribution < -0.4 is 15.4 Å². The van der Waals surface area contributed by atoms with Gasteiger partial charge in [0, 0.05) is 25.2 Å². The fraction of sp³-hybridized carbons (Fsp3) is 0.417. The summed E-state index contributed by atoms with van der Waals surface area (Å²) < 4.78 is 5.27. The Hall–Kier alpha value is -3.06. The molecular weight excluding hydrogens is 390 g/mol. The van der Waals surface area contributed by atoms with E-state index in [1.807, 2.05) is 48.5 Å².